The minimum Gasteiger partial charge on any atom is -0.493 e. The summed E-state index contributed by atoms with van der Waals surface area (Å²) in [6, 6.07) is 14.1. The highest BCUT2D eigenvalue weighted by Crippen LogP contribution is 2.39. The van der Waals surface area contributed by atoms with Crippen LogP contribution in [0.5, 0.6) is 17.2 Å². The Balaban J connectivity index is 1.70. The number of piperidine rings is 1. The zero-order valence-electron chi connectivity index (χ0n) is 22.7. The van der Waals surface area contributed by atoms with E-state index >= 15 is 0 Å². The molecule has 0 aromatic heterocycles. The first-order valence-electron chi connectivity index (χ1n) is 12.7. The second-order valence-electron chi connectivity index (χ2n) is 9.37. The molecule has 1 saturated heterocycles. The van der Waals surface area contributed by atoms with E-state index in [-0.39, 0.29) is 22.9 Å². The highest BCUT2D eigenvalue weighted by atomic mass is 32.2. The van der Waals surface area contributed by atoms with Crippen LogP contribution in [0.2, 0.25) is 0 Å². The van der Waals surface area contributed by atoms with Crippen molar-refractivity contribution in [3.05, 3.63) is 77.6 Å². The lowest BCUT2D eigenvalue weighted by Crippen LogP contribution is -2.35. The number of benzene rings is 3. The summed E-state index contributed by atoms with van der Waals surface area (Å²) in [7, 11) is -3.44. The summed E-state index contributed by atoms with van der Waals surface area (Å²) < 4.78 is 86.4. The molecule has 0 radical (unpaired) electrons. The van der Waals surface area contributed by atoms with Gasteiger partial charge >= 0.3 is 0 Å². The maximum atomic E-state index is 13.9. The van der Waals surface area contributed by atoms with Gasteiger partial charge in [-0.3, -0.25) is 0 Å². The van der Waals surface area contributed by atoms with Gasteiger partial charge in [0.05, 0.1) is 31.1 Å². The number of halogens is 1. The Morgan fingerprint density at radius 1 is 0.725 bits per heavy atom. The molecule has 4 rings (SSSR count). The summed E-state index contributed by atoms with van der Waals surface area (Å²) in [6.45, 7) is 0.753. The zero-order chi connectivity index (χ0) is 28.9. The molecule has 40 heavy (non-hydrogen) atoms. The van der Waals surface area contributed by atoms with Gasteiger partial charge in [0, 0.05) is 26.2 Å². The Bertz CT molecular complexity index is 1500. The van der Waals surface area contributed by atoms with Crippen LogP contribution in [0.3, 0.4) is 0 Å². The number of rotatable bonds is 11. The monoisotopic (exact) mass is 592 g/mol. The molecule has 0 N–H and O–H groups in total. The van der Waals surface area contributed by atoms with Crippen LogP contribution in [-0.2, 0) is 33.1 Å². The van der Waals surface area contributed by atoms with Gasteiger partial charge in [-0.15, -0.1) is 0 Å². The minimum absolute atomic E-state index is 0.0445. The van der Waals surface area contributed by atoms with Gasteiger partial charge in [0.15, 0.2) is 11.5 Å². The van der Waals surface area contributed by atoms with Crippen molar-refractivity contribution in [2.75, 3.05) is 34.4 Å². The Morgan fingerprint density at radius 2 is 1.25 bits per heavy atom. The molecule has 3 aromatic carbocycles. The fraction of sp³-hybridized carbons (Fsp3) is 0.357. The average Bonchev–Trinajstić information content (AvgIpc) is 2.97. The normalized spacial score (nSPS) is 14.7. The molecule has 1 aliphatic rings. The number of hydrogen-bond donors (Lipinski definition) is 0. The first-order valence-corrected chi connectivity index (χ1v) is 15.6. The van der Waals surface area contributed by atoms with Crippen molar-refractivity contribution < 1.29 is 35.4 Å². The molecule has 1 aliphatic heterocycles. The van der Waals surface area contributed by atoms with E-state index in [1.807, 2.05) is 0 Å². The van der Waals surface area contributed by atoms with E-state index in [2.05, 4.69) is 0 Å². The summed E-state index contributed by atoms with van der Waals surface area (Å²) in [5.74, 6) is 0.659. The van der Waals surface area contributed by atoms with Gasteiger partial charge in [-0.1, -0.05) is 18.6 Å². The zero-order valence-corrected chi connectivity index (χ0v) is 24.3. The first kappa shape index (κ1) is 29.8. The molecule has 12 heteroatoms. The SMILES string of the molecule is COc1cc(CN(Cc2ccc(F)cc2)S(=O)(=O)c2ccc(S(=O)(=O)N3CCCCC3)cc2)cc(OC)c1OC. The lowest BCUT2D eigenvalue weighted by Gasteiger charge is -2.26. The molecule has 216 valence electrons. The van der Waals surface area contributed by atoms with Crippen molar-refractivity contribution in [1.82, 2.24) is 8.61 Å². The van der Waals surface area contributed by atoms with Crippen molar-refractivity contribution in [2.45, 2.75) is 42.1 Å². The number of nitrogens with zero attached hydrogens (tertiary/aromatic N) is 2. The lowest BCUT2D eigenvalue weighted by atomic mass is 10.1. The van der Waals surface area contributed by atoms with Crippen molar-refractivity contribution in [1.29, 1.82) is 0 Å². The van der Waals surface area contributed by atoms with Gasteiger partial charge < -0.3 is 14.2 Å². The highest BCUT2D eigenvalue weighted by molar-refractivity contribution is 7.89. The van der Waals surface area contributed by atoms with Crippen molar-refractivity contribution in [3.8, 4) is 17.2 Å². The van der Waals surface area contributed by atoms with Gasteiger partial charge in [-0.05, 0) is 72.5 Å². The molecule has 0 unspecified atom stereocenters. The molecular weight excluding hydrogens is 559 g/mol. The van der Waals surface area contributed by atoms with Crippen molar-refractivity contribution in [2.24, 2.45) is 0 Å². The van der Waals surface area contributed by atoms with Crippen molar-refractivity contribution >= 4 is 20.0 Å². The van der Waals surface area contributed by atoms with E-state index in [1.54, 1.807) is 12.1 Å². The second kappa shape index (κ2) is 12.5. The quantitative estimate of drug-likeness (QED) is 0.325. The third-order valence-corrected chi connectivity index (χ3v) is 10.5. The van der Waals surface area contributed by atoms with Gasteiger partial charge in [-0.25, -0.2) is 21.2 Å². The summed E-state index contributed by atoms with van der Waals surface area (Å²) in [5, 5.41) is 0. The molecule has 0 bridgehead atoms. The standard InChI is InChI=1S/C28H33FN2O7S2/c1-36-26-17-22(18-27(37-2)28(26)38-3)20-31(19-21-7-9-23(29)10-8-21)40(34,35)25-13-11-24(12-14-25)39(32,33)30-15-5-4-6-16-30/h7-14,17-18H,4-6,15-16,19-20H2,1-3H3. The van der Waals surface area contributed by atoms with Gasteiger partial charge in [0.25, 0.3) is 0 Å². The average molecular weight is 593 g/mol. The molecule has 0 atom stereocenters. The number of ether oxygens (including phenoxy) is 3. The Labute approximate surface area is 235 Å². The second-order valence-corrected chi connectivity index (χ2v) is 13.2. The predicted octanol–water partition coefficient (Wildman–Crippen LogP) is 4.42. The molecular formula is C28H33FN2O7S2. The summed E-state index contributed by atoms with van der Waals surface area (Å²) in [4.78, 5) is -0.0253. The topological polar surface area (TPSA) is 102 Å². The van der Waals surface area contributed by atoms with E-state index in [0.29, 0.717) is 41.5 Å². The molecule has 1 heterocycles. The minimum atomic E-state index is -4.13. The van der Waals surface area contributed by atoms with Crippen LogP contribution in [0.1, 0.15) is 30.4 Å². The lowest BCUT2D eigenvalue weighted by molar-refractivity contribution is 0.322. The Morgan fingerprint density at radius 3 is 1.77 bits per heavy atom. The predicted molar refractivity (Wildman–Crippen MR) is 148 cm³/mol. The van der Waals surface area contributed by atoms with Gasteiger partial charge in [0.2, 0.25) is 25.8 Å². The third-order valence-electron chi connectivity index (χ3n) is 6.77. The van der Waals surface area contributed by atoms with Crippen LogP contribution < -0.4 is 14.2 Å². The van der Waals surface area contributed by atoms with E-state index in [4.69, 9.17) is 14.2 Å². The first-order chi connectivity index (χ1) is 19.1. The molecule has 1 fully saturated rings. The van der Waals surface area contributed by atoms with Gasteiger partial charge in [0.1, 0.15) is 5.82 Å². The summed E-state index contributed by atoms with van der Waals surface area (Å²) >= 11 is 0. The van der Waals surface area contributed by atoms with E-state index in [9.17, 15) is 21.2 Å². The van der Waals surface area contributed by atoms with E-state index < -0.39 is 25.9 Å². The maximum absolute atomic E-state index is 13.9. The van der Waals surface area contributed by atoms with Crippen LogP contribution in [0.4, 0.5) is 4.39 Å². The largest absolute Gasteiger partial charge is 0.493 e. The molecule has 0 spiro atoms. The van der Waals surface area contributed by atoms with E-state index in [1.165, 1.54) is 78.5 Å². The fourth-order valence-corrected chi connectivity index (χ4v) is 7.57. The number of hydrogen-bond acceptors (Lipinski definition) is 7. The summed E-state index contributed by atoms with van der Waals surface area (Å²) in [6.07, 6.45) is 2.58. The van der Waals surface area contributed by atoms with Crippen LogP contribution in [0.15, 0.2) is 70.5 Å². The van der Waals surface area contributed by atoms with Crippen molar-refractivity contribution in [3.63, 3.8) is 0 Å². The van der Waals surface area contributed by atoms with Gasteiger partial charge in [-0.2, -0.15) is 8.61 Å². The maximum Gasteiger partial charge on any atom is 0.243 e. The highest BCUT2D eigenvalue weighted by Gasteiger charge is 2.29. The van der Waals surface area contributed by atoms with Crippen LogP contribution in [0.25, 0.3) is 0 Å². The molecule has 0 aliphatic carbocycles. The van der Waals surface area contributed by atoms with Crippen LogP contribution in [-0.4, -0.2) is 59.9 Å². The molecule has 0 saturated carbocycles. The molecule has 3 aromatic rings. The summed E-state index contributed by atoms with van der Waals surface area (Å²) in [5.41, 5.74) is 1.13. The third kappa shape index (κ3) is 6.41. The number of sulfonamides is 2. The van der Waals surface area contributed by atoms with Crippen LogP contribution in [0, 0.1) is 5.82 Å². The Kier molecular flexibility index (Phi) is 9.34. The van der Waals surface area contributed by atoms with E-state index in [0.717, 1.165) is 19.3 Å². The molecule has 9 nitrogen and oxygen atoms in total. The Hall–Kier alpha value is -3.19. The number of methoxy groups -OCH3 is 3. The fourth-order valence-electron chi connectivity index (χ4n) is 4.64. The van der Waals surface area contributed by atoms with Crippen LogP contribution >= 0.6 is 0 Å². The smallest absolute Gasteiger partial charge is 0.243 e. The molecule has 0 amide bonds.